The highest BCUT2D eigenvalue weighted by Gasteiger charge is 2.19. The maximum atomic E-state index is 12.8. The van der Waals surface area contributed by atoms with E-state index in [0.717, 1.165) is 89.9 Å². The Labute approximate surface area is 403 Å². The second-order valence-electron chi connectivity index (χ2n) is 16.1. The van der Waals surface area contributed by atoms with E-state index >= 15 is 0 Å². The van der Waals surface area contributed by atoms with Crippen molar-refractivity contribution in [2.75, 3.05) is 13.2 Å². The van der Waals surface area contributed by atoms with E-state index in [1.807, 2.05) is 66.8 Å². The Kier molecular flexibility index (Phi) is 48.7. The highest BCUT2D eigenvalue weighted by Crippen LogP contribution is 2.13. The first-order valence-electron chi connectivity index (χ1n) is 25.6. The summed E-state index contributed by atoms with van der Waals surface area (Å²) in [7, 11) is 0. The molecular weight excluding hydrogens is 817 g/mol. The summed E-state index contributed by atoms with van der Waals surface area (Å²) in [6.45, 7) is 6.11. The van der Waals surface area contributed by atoms with Gasteiger partial charge in [0.05, 0.1) is 0 Å². The van der Waals surface area contributed by atoms with E-state index in [0.29, 0.717) is 19.3 Å². The van der Waals surface area contributed by atoms with Gasteiger partial charge in [-0.2, -0.15) is 0 Å². The molecule has 0 aliphatic rings. The van der Waals surface area contributed by atoms with Gasteiger partial charge in [0.2, 0.25) is 0 Å². The minimum atomic E-state index is -0.856. The predicted molar refractivity (Wildman–Crippen MR) is 283 cm³/mol. The molecule has 6 nitrogen and oxygen atoms in total. The van der Waals surface area contributed by atoms with Crippen molar-refractivity contribution in [3.05, 3.63) is 158 Å². The van der Waals surface area contributed by atoms with E-state index in [-0.39, 0.29) is 38.0 Å². The summed E-state index contributed by atoms with van der Waals surface area (Å²) in [5.41, 5.74) is 0. The third kappa shape index (κ3) is 50.0. The molecular formula is C60H90O6. The smallest absolute Gasteiger partial charge is 0.306 e. The Balaban J connectivity index is 4.59. The topological polar surface area (TPSA) is 78.9 Å². The fourth-order valence-electron chi connectivity index (χ4n) is 6.18. The molecule has 0 aromatic rings. The molecule has 66 heavy (non-hydrogen) atoms. The molecule has 0 amide bonds. The molecule has 6 heteroatoms. The molecule has 0 heterocycles. The highest BCUT2D eigenvalue weighted by molar-refractivity contribution is 5.71. The summed E-state index contributed by atoms with van der Waals surface area (Å²) in [6.07, 6.45) is 76.8. The first-order valence-corrected chi connectivity index (χ1v) is 25.6. The lowest BCUT2D eigenvalue weighted by Gasteiger charge is -2.18. The van der Waals surface area contributed by atoms with Crippen molar-refractivity contribution in [1.82, 2.24) is 0 Å². The number of carbonyl (C=O) groups is 3. The minimum Gasteiger partial charge on any atom is -0.462 e. The van der Waals surface area contributed by atoms with Gasteiger partial charge >= 0.3 is 17.9 Å². The number of allylic oxidation sites excluding steroid dienone is 26. The zero-order chi connectivity index (χ0) is 47.9. The van der Waals surface area contributed by atoms with Crippen LogP contribution in [0.4, 0.5) is 0 Å². The maximum Gasteiger partial charge on any atom is 0.306 e. The molecule has 0 N–H and O–H groups in total. The second-order valence-corrected chi connectivity index (χ2v) is 16.1. The normalized spacial score (nSPS) is 13.4. The first kappa shape index (κ1) is 61.0. The van der Waals surface area contributed by atoms with Gasteiger partial charge in [-0.05, 0) is 96.3 Å². The average Bonchev–Trinajstić information content (AvgIpc) is 3.31. The first-order chi connectivity index (χ1) is 32.5. The second kappa shape index (κ2) is 52.7. The molecule has 0 spiro atoms. The molecule has 0 fully saturated rings. The number of rotatable bonds is 43. The van der Waals surface area contributed by atoms with E-state index in [1.54, 1.807) is 0 Å². The zero-order valence-corrected chi connectivity index (χ0v) is 41.6. The lowest BCUT2D eigenvalue weighted by atomic mass is 10.1. The van der Waals surface area contributed by atoms with E-state index in [4.69, 9.17) is 14.2 Å². The van der Waals surface area contributed by atoms with Gasteiger partial charge in [-0.15, -0.1) is 0 Å². The fourth-order valence-corrected chi connectivity index (χ4v) is 6.18. The summed E-state index contributed by atoms with van der Waals surface area (Å²) in [5, 5.41) is 0. The van der Waals surface area contributed by atoms with Gasteiger partial charge in [-0.3, -0.25) is 14.4 Å². The van der Waals surface area contributed by atoms with Gasteiger partial charge in [0.15, 0.2) is 6.10 Å². The quantitative estimate of drug-likeness (QED) is 0.0199. The molecule has 0 aromatic heterocycles. The van der Waals surface area contributed by atoms with Crippen LogP contribution < -0.4 is 0 Å². The molecule has 366 valence electrons. The molecule has 0 radical (unpaired) electrons. The number of hydrogen-bond donors (Lipinski definition) is 0. The van der Waals surface area contributed by atoms with E-state index < -0.39 is 12.1 Å². The van der Waals surface area contributed by atoms with Crippen molar-refractivity contribution in [2.24, 2.45) is 0 Å². The lowest BCUT2D eigenvalue weighted by Crippen LogP contribution is -2.30. The molecule has 0 bridgehead atoms. The fraction of sp³-hybridized carbons (Fsp3) is 0.517. The third-order valence-electron chi connectivity index (χ3n) is 9.90. The Morgan fingerprint density at radius 1 is 0.318 bits per heavy atom. The zero-order valence-electron chi connectivity index (χ0n) is 41.6. The Bertz CT molecular complexity index is 1560. The molecule has 1 atom stereocenters. The van der Waals surface area contributed by atoms with E-state index in [2.05, 4.69) is 112 Å². The largest absolute Gasteiger partial charge is 0.462 e. The van der Waals surface area contributed by atoms with Gasteiger partial charge in [-0.1, -0.05) is 224 Å². The molecule has 0 rings (SSSR count). The van der Waals surface area contributed by atoms with Crippen LogP contribution in [0, 0.1) is 0 Å². The minimum absolute atomic E-state index is 0.141. The van der Waals surface area contributed by atoms with E-state index in [9.17, 15) is 14.4 Å². The third-order valence-corrected chi connectivity index (χ3v) is 9.90. The number of unbranched alkanes of at least 4 members (excludes halogenated alkanes) is 10. The number of hydrogen-bond acceptors (Lipinski definition) is 6. The number of carbonyl (C=O) groups excluding carboxylic acids is 3. The van der Waals surface area contributed by atoms with Crippen LogP contribution in [0.2, 0.25) is 0 Å². The Hall–Kier alpha value is -4.97. The van der Waals surface area contributed by atoms with Crippen LogP contribution in [0.15, 0.2) is 158 Å². The van der Waals surface area contributed by atoms with Gasteiger partial charge in [-0.25, -0.2) is 0 Å². The van der Waals surface area contributed by atoms with Crippen LogP contribution in [-0.2, 0) is 28.6 Å². The van der Waals surface area contributed by atoms with Crippen LogP contribution in [0.25, 0.3) is 0 Å². The molecule has 1 unspecified atom stereocenters. The lowest BCUT2D eigenvalue weighted by molar-refractivity contribution is -0.166. The maximum absolute atomic E-state index is 12.8. The summed E-state index contributed by atoms with van der Waals surface area (Å²) in [5.74, 6) is -1.12. The number of ether oxygens (including phenoxy) is 3. The van der Waals surface area contributed by atoms with Crippen LogP contribution in [0.5, 0.6) is 0 Å². The molecule has 0 saturated heterocycles. The van der Waals surface area contributed by atoms with Crippen molar-refractivity contribution in [3.63, 3.8) is 0 Å². The van der Waals surface area contributed by atoms with Crippen molar-refractivity contribution in [2.45, 2.75) is 187 Å². The monoisotopic (exact) mass is 907 g/mol. The van der Waals surface area contributed by atoms with Crippen LogP contribution >= 0.6 is 0 Å². The SMILES string of the molecule is CC/C=C/C=C/C=C/C=C/C=C/CCCC(=O)OCC(COC(=O)CCCCCCCCCCC/C=C/C/C=C/C/C=C/CC)OC(=O)CC/C=C/C/C=C/C/C=C/C/C=C/C/C=C/CC. The average molecular weight is 907 g/mol. The molecule has 0 aliphatic heterocycles. The van der Waals surface area contributed by atoms with Gasteiger partial charge in [0.25, 0.3) is 0 Å². The van der Waals surface area contributed by atoms with Crippen LogP contribution in [0.1, 0.15) is 181 Å². The van der Waals surface area contributed by atoms with Crippen molar-refractivity contribution >= 4 is 17.9 Å². The van der Waals surface area contributed by atoms with Gasteiger partial charge in [0, 0.05) is 19.3 Å². The van der Waals surface area contributed by atoms with Crippen molar-refractivity contribution in [1.29, 1.82) is 0 Å². The van der Waals surface area contributed by atoms with Crippen LogP contribution in [-0.4, -0.2) is 37.2 Å². The van der Waals surface area contributed by atoms with Gasteiger partial charge < -0.3 is 14.2 Å². The molecule has 0 saturated carbocycles. The van der Waals surface area contributed by atoms with E-state index in [1.165, 1.54) is 38.5 Å². The van der Waals surface area contributed by atoms with Gasteiger partial charge in [0.1, 0.15) is 13.2 Å². The Morgan fingerprint density at radius 2 is 0.667 bits per heavy atom. The summed E-state index contributed by atoms with van der Waals surface area (Å²) < 4.78 is 16.6. The molecule has 0 aromatic carbocycles. The summed E-state index contributed by atoms with van der Waals surface area (Å²) >= 11 is 0. The highest BCUT2D eigenvalue weighted by atomic mass is 16.6. The predicted octanol–water partition coefficient (Wildman–Crippen LogP) is 17.0. The summed E-state index contributed by atoms with van der Waals surface area (Å²) in [6, 6.07) is 0. The Morgan fingerprint density at radius 3 is 1.14 bits per heavy atom. The standard InChI is InChI=1S/C60H90O6/c1-4-7-10-13-16-19-22-25-27-29-30-31-33-35-38-41-44-47-50-53-59(62)65-56-57(55-64-58(61)52-49-46-43-40-37-34-24-21-18-15-12-9-6-3)66-60(63)54-51-48-45-42-39-36-32-28-26-23-20-17-14-11-8-5-2/h7-12,15-21,24-28,34,36-37,39-40,43,45,48,57H,4-6,13-14,22-23,29-33,35,38,41-42,44,46-47,49-56H2,1-3H3/b10-7+,11-8+,12-9+,18-15+,19-16+,20-17+,24-21+,27-25+,28-26+,37-34+,39-36+,43-40+,48-45+. The molecule has 0 aliphatic carbocycles. The van der Waals surface area contributed by atoms with Crippen molar-refractivity contribution < 1.29 is 28.6 Å². The number of esters is 3. The summed E-state index contributed by atoms with van der Waals surface area (Å²) in [4.78, 5) is 37.9. The van der Waals surface area contributed by atoms with Crippen molar-refractivity contribution in [3.8, 4) is 0 Å². The van der Waals surface area contributed by atoms with Crippen LogP contribution in [0.3, 0.4) is 0 Å².